The van der Waals surface area contributed by atoms with Crippen LogP contribution in [0.15, 0.2) is 5.38 Å². The van der Waals surface area contributed by atoms with Crippen LogP contribution in [0.3, 0.4) is 0 Å². The molecular formula is C15H26ClN3S. The molecule has 1 aromatic rings. The molecule has 1 atom stereocenters. The Kier molecular flexibility index (Phi) is 5.46. The van der Waals surface area contributed by atoms with Crippen molar-refractivity contribution in [2.24, 2.45) is 0 Å². The fourth-order valence-electron chi connectivity index (χ4n) is 3.12. The third-order valence-corrected chi connectivity index (χ3v) is 5.96. The minimum Gasteiger partial charge on any atom is -0.302 e. The van der Waals surface area contributed by atoms with Crippen LogP contribution in [-0.4, -0.2) is 48.0 Å². The van der Waals surface area contributed by atoms with Crippen LogP contribution in [0.2, 0.25) is 0 Å². The van der Waals surface area contributed by atoms with E-state index in [-0.39, 0.29) is 0 Å². The van der Waals surface area contributed by atoms with E-state index in [4.69, 9.17) is 11.6 Å². The molecule has 0 radical (unpaired) electrons. The maximum atomic E-state index is 5.87. The zero-order valence-corrected chi connectivity index (χ0v) is 14.6. The summed E-state index contributed by atoms with van der Waals surface area (Å²) in [5.41, 5.74) is 1.37. The first-order valence-corrected chi connectivity index (χ1v) is 8.82. The summed E-state index contributed by atoms with van der Waals surface area (Å²) in [6, 6.07) is 0.411. The first kappa shape index (κ1) is 16.2. The molecule has 0 aliphatic heterocycles. The van der Waals surface area contributed by atoms with Crippen LogP contribution in [-0.2, 0) is 5.88 Å². The zero-order chi connectivity index (χ0) is 14.8. The second-order valence-electron chi connectivity index (χ2n) is 6.12. The lowest BCUT2D eigenvalue weighted by molar-refractivity contribution is 0.0152. The van der Waals surface area contributed by atoms with E-state index in [0.29, 0.717) is 17.5 Å². The van der Waals surface area contributed by atoms with Gasteiger partial charge in [-0.1, -0.05) is 6.92 Å². The van der Waals surface area contributed by atoms with Crippen LogP contribution in [0.5, 0.6) is 0 Å². The summed E-state index contributed by atoms with van der Waals surface area (Å²) in [7, 11) is 6.66. The predicted molar refractivity (Wildman–Crippen MR) is 87.6 cm³/mol. The zero-order valence-electron chi connectivity index (χ0n) is 13.0. The number of aromatic nitrogens is 1. The summed E-state index contributed by atoms with van der Waals surface area (Å²) in [5.74, 6) is 0.512. The minimum absolute atomic E-state index is 0.370. The van der Waals surface area contributed by atoms with E-state index in [1.165, 1.54) is 24.3 Å². The van der Waals surface area contributed by atoms with Gasteiger partial charge in [0.05, 0.1) is 17.6 Å². The fourth-order valence-corrected chi connectivity index (χ4v) is 4.41. The minimum atomic E-state index is 0.370. The van der Waals surface area contributed by atoms with E-state index in [1.54, 1.807) is 11.3 Å². The van der Waals surface area contributed by atoms with E-state index >= 15 is 0 Å². The second-order valence-corrected chi connectivity index (χ2v) is 7.28. The second kappa shape index (κ2) is 6.73. The quantitative estimate of drug-likeness (QED) is 0.714. The van der Waals surface area contributed by atoms with Crippen molar-refractivity contribution in [3.63, 3.8) is 0 Å². The van der Waals surface area contributed by atoms with Crippen molar-refractivity contribution in [1.29, 1.82) is 0 Å². The molecule has 1 saturated carbocycles. The van der Waals surface area contributed by atoms with Crippen LogP contribution < -0.4 is 0 Å². The molecule has 1 heterocycles. The van der Waals surface area contributed by atoms with Gasteiger partial charge in [-0.3, -0.25) is 4.90 Å². The van der Waals surface area contributed by atoms with Crippen molar-refractivity contribution in [3.8, 4) is 0 Å². The van der Waals surface area contributed by atoms with Crippen molar-refractivity contribution in [1.82, 2.24) is 14.8 Å². The van der Waals surface area contributed by atoms with Gasteiger partial charge in [0.15, 0.2) is 0 Å². The van der Waals surface area contributed by atoms with E-state index in [9.17, 15) is 0 Å². The molecular weight excluding hydrogens is 290 g/mol. The summed E-state index contributed by atoms with van der Waals surface area (Å²) in [4.78, 5) is 9.56. The highest BCUT2D eigenvalue weighted by atomic mass is 35.5. The summed E-state index contributed by atoms with van der Waals surface area (Å²) >= 11 is 7.62. The molecule has 3 nitrogen and oxygen atoms in total. The highest BCUT2D eigenvalue weighted by Crippen LogP contribution is 2.38. The van der Waals surface area contributed by atoms with Gasteiger partial charge in [0.25, 0.3) is 0 Å². The summed E-state index contributed by atoms with van der Waals surface area (Å²) in [6.45, 7) is 3.36. The standard InChI is InChI=1S/C15H26ClN3S/c1-5-13(14-17-12(9-16)10-20-14)19(4)11-15(18(2)3)7-6-8-15/h10,13H,5-9,11H2,1-4H3. The Morgan fingerprint density at radius 1 is 1.40 bits per heavy atom. The number of thiazole rings is 1. The van der Waals surface area contributed by atoms with Gasteiger partial charge in [0.1, 0.15) is 5.01 Å². The number of hydrogen-bond acceptors (Lipinski definition) is 4. The maximum Gasteiger partial charge on any atom is 0.110 e. The highest BCUT2D eigenvalue weighted by molar-refractivity contribution is 7.09. The highest BCUT2D eigenvalue weighted by Gasteiger charge is 2.41. The molecule has 1 aliphatic rings. The van der Waals surface area contributed by atoms with Gasteiger partial charge in [-0.05, 0) is 46.8 Å². The molecule has 114 valence electrons. The molecule has 5 heteroatoms. The van der Waals surface area contributed by atoms with Gasteiger partial charge in [0.2, 0.25) is 0 Å². The number of nitrogens with zero attached hydrogens (tertiary/aromatic N) is 3. The number of alkyl halides is 1. The normalized spacial score (nSPS) is 19.4. The van der Waals surface area contributed by atoms with E-state index in [2.05, 4.69) is 48.2 Å². The smallest absolute Gasteiger partial charge is 0.110 e. The first-order valence-electron chi connectivity index (χ1n) is 7.40. The summed E-state index contributed by atoms with van der Waals surface area (Å²) in [5, 5.41) is 3.29. The average molecular weight is 316 g/mol. The van der Waals surface area contributed by atoms with Crippen LogP contribution in [0.1, 0.15) is 49.4 Å². The molecule has 0 saturated heterocycles. The molecule has 1 unspecified atom stereocenters. The molecule has 0 amide bonds. The summed E-state index contributed by atoms with van der Waals surface area (Å²) < 4.78 is 0. The number of halogens is 1. The van der Waals surface area contributed by atoms with Gasteiger partial charge < -0.3 is 4.90 Å². The van der Waals surface area contributed by atoms with Crippen LogP contribution >= 0.6 is 22.9 Å². The van der Waals surface area contributed by atoms with E-state index in [0.717, 1.165) is 18.7 Å². The van der Waals surface area contributed by atoms with E-state index < -0.39 is 0 Å². The van der Waals surface area contributed by atoms with Gasteiger partial charge in [-0.2, -0.15) is 0 Å². The van der Waals surface area contributed by atoms with Crippen LogP contribution in [0.25, 0.3) is 0 Å². The SMILES string of the molecule is CCC(c1nc(CCl)cs1)N(C)CC1(N(C)C)CCC1. The fraction of sp³-hybridized carbons (Fsp3) is 0.800. The molecule has 1 aromatic heterocycles. The lowest BCUT2D eigenvalue weighted by Gasteiger charge is -2.50. The van der Waals surface area contributed by atoms with Crippen molar-refractivity contribution < 1.29 is 0 Å². The van der Waals surface area contributed by atoms with Gasteiger partial charge in [-0.15, -0.1) is 22.9 Å². The maximum absolute atomic E-state index is 5.87. The summed E-state index contributed by atoms with van der Waals surface area (Å²) in [6.07, 6.45) is 5.07. The Labute approximate surface area is 131 Å². The van der Waals surface area contributed by atoms with Crippen molar-refractivity contribution in [2.75, 3.05) is 27.7 Å². The Morgan fingerprint density at radius 2 is 2.10 bits per heavy atom. The Balaban J connectivity index is 2.07. The first-order chi connectivity index (χ1) is 9.52. The number of hydrogen-bond donors (Lipinski definition) is 0. The number of rotatable bonds is 7. The molecule has 0 N–H and O–H groups in total. The predicted octanol–water partition coefficient (Wildman–Crippen LogP) is 3.75. The van der Waals surface area contributed by atoms with Gasteiger partial charge in [0, 0.05) is 17.5 Å². The van der Waals surface area contributed by atoms with Crippen LogP contribution in [0, 0.1) is 0 Å². The Bertz CT molecular complexity index is 429. The lowest BCUT2D eigenvalue weighted by atomic mass is 9.75. The molecule has 20 heavy (non-hydrogen) atoms. The van der Waals surface area contributed by atoms with Crippen molar-refractivity contribution in [2.45, 2.75) is 50.1 Å². The Morgan fingerprint density at radius 3 is 2.50 bits per heavy atom. The van der Waals surface area contributed by atoms with Gasteiger partial charge in [-0.25, -0.2) is 4.98 Å². The number of likely N-dealkylation sites (N-methyl/N-ethyl adjacent to an activating group) is 2. The molecule has 1 fully saturated rings. The third-order valence-electron chi connectivity index (χ3n) is 4.69. The molecule has 0 spiro atoms. The van der Waals surface area contributed by atoms with Crippen LogP contribution in [0.4, 0.5) is 0 Å². The topological polar surface area (TPSA) is 19.4 Å². The largest absolute Gasteiger partial charge is 0.302 e. The average Bonchev–Trinajstić information content (AvgIpc) is 2.83. The molecule has 2 rings (SSSR count). The van der Waals surface area contributed by atoms with Crippen molar-refractivity contribution in [3.05, 3.63) is 16.1 Å². The molecule has 0 aromatic carbocycles. The Hall–Kier alpha value is -0.160. The lowest BCUT2D eigenvalue weighted by Crippen LogP contribution is -2.57. The third kappa shape index (κ3) is 3.19. The van der Waals surface area contributed by atoms with Gasteiger partial charge >= 0.3 is 0 Å². The monoisotopic (exact) mass is 315 g/mol. The van der Waals surface area contributed by atoms with E-state index in [1.807, 2.05) is 0 Å². The molecule has 0 bridgehead atoms. The molecule has 1 aliphatic carbocycles. The van der Waals surface area contributed by atoms with Crippen molar-refractivity contribution >= 4 is 22.9 Å².